The van der Waals surface area contributed by atoms with E-state index in [9.17, 15) is 9.59 Å². The van der Waals surface area contributed by atoms with Crippen LogP contribution in [0.5, 0.6) is 5.75 Å². The van der Waals surface area contributed by atoms with Crippen LogP contribution in [-0.2, 0) is 11.3 Å². The summed E-state index contributed by atoms with van der Waals surface area (Å²) in [6.07, 6.45) is 5.70. The van der Waals surface area contributed by atoms with Crippen LogP contribution in [0, 0.1) is 0 Å². The highest BCUT2D eigenvalue weighted by molar-refractivity contribution is 6.32. The molecule has 0 radical (unpaired) electrons. The Morgan fingerprint density at radius 3 is 2.61 bits per heavy atom. The number of rotatable bonds is 5. The van der Waals surface area contributed by atoms with Gasteiger partial charge in [-0.25, -0.2) is 0 Å². The first-order valence-electron chi connectivity index (χ1n) is 11.1. The van der Waals surface area contributed by atoms with E-state index in [0.717, 1.165) is 31.4 Å². The molecule has 0 bridgehead atoms. The molecule has 33 heavy (non-hydrogen) atoms. The Balaban J connectivity index is 1.61. The Kier molecular flexibility index (Phi) is 5.44. The van der Waals surface area contributed by atoms with Gasteiger partial charge in [0.05, 0.1) is 30.6 Å². The fourth-order valence-electron chi connectivity index (χ4n) is 4.96. The van der Waals surface area contributed by atoms with Gasteiger partial charge in [-0.1, -0.05) is 24.4 Å². The van der Waals surface area contributed by atoms with Gasteiger partial charge in [-0.05, 0) is 62.2 Å². The van der Waals surface area contributed by atoms with E-state index in [1.807, 2.05) is 23.6 Å². The maximum absolute atomic E-state index is 13.8. The molecule has 3 aromatic rings. The summed E-state index contributed by atoms with van der Waals surface area (Å²) >= 11 is 6.40. The van der Waals surface area contributed by atoms with E-state index in [-0.39, 0.29) is 24.4 Å². The van der Waals surface area contributed by atoms with Crippen molar-refractivity contribution < 1.29 is 18.7 Å². The minimum atomic E-state index is -1.18. The van der Waals surface area contributed by atoms with Gasteiger partial charge < -0.3 is 19.0 Å². The second-order valence-electron chi connectivity index (χ2n) is 8.86. The van der Waals surface area contributed by atoms with Crippen LogP contribution in [-0.4, -0.2) is 35.1 Å². The van der Waals surface area contributed by atoms with Crippen LogP contribution in [0.2, 0.25) is 5.02 Å². The van der Waals surface area contributed by atoms with Gasteiger partial charge in [0.2, 0.25) is 5.91 Å². The largest absolute Gasteiger partial charge is 0.495 e. The molecule has 1 aliphatic carbocycles. The Labute approximate surface area is 197 Å². The number of nitrogens with one attached hydrogen (secondary N) is 1. The molecule has 1 atom stereocenters. The van der Waals surface area contributed by atoms with Crippen LogP contribution in [0.1, 0.15) is 43.1 Å². The number of halogens is 1. The van der Waals surface area contributed by atoms with Gasteiger partial charge in [-0.3, -0.25) is 14.5 Å². The van der Waals surface area contributed by atoms with Crippen molar-refractivity contribution in [2.24, 2.45) is 0 Å². The summed E-state index contributed by atoms with van der Waals surface area (Å²) in [7, 11) is 1.54. The van der Waals surface area contributed by atoms with E-state index in [1.54, 1.807) is 41.5 Å². The maximum Gasteiger partial charge on any atom is 0.275 e. The number of amides is 2. The topological polar surface area (TPSA) is 76.7 Å². The number of ether oxygens (including phenoxy) is 1. The zero-order valence-corrected chi connectivity index (χ0v) is 19.4. The molecule has 7 nitrogen and oxygen atoms in total. The van der Waals surface area contributed by atoms with E-state index in [4.69, 9.17) is 20.8 Å². The average Bonchev–Trinajstić information content (AvgIpc) is 3.55. The Hall–Kier alpha value is -3.19. The van der Waals surface area contributed by atoms with Crippen LogP contribution in [0.25, 0.3) is 11.5 Å². The number of fused-ring (bicyclic) bond motifs is 1. The molecule has 0 saturated heterocycles. The van der Waals surface area contributed by atoms with Crippen LogP contribution in [0.3, 0.4) is 0 Å². The summed E-state index contributed by atoms with van der Waals surface area (Å²) in [4.78, 5) is 29.1. The van der Waals surface area contributed by atoms with Gasteiger partial charge in [-0.2, -0.15) is 0 Å². The molecule has 2 aromatic heterocycles. The monoisotopic (exact) mass is 467 g/mol. The molecule has 5 rings (SSSR count). The predicted molar refractivity (Wildman–Crippen MR) is 126 cm³/mol. The van der Waals surface area contributed by atoms with Crippen molar-refractivity contribution in [3.63, 3.8) is 0 Å². The molecule has 0 spiro atoms. The Morgan fingerprint density at radius 1 is 1.18 bits per heavy atom. The third-order valence-corrected chi connectivity index (χ3v) is 7.00. The van der Waals surface area contributed by atoms with Gasteiger partial charge in [0, 0.05) is 11.7 Å². The van der Waals surface area contributed by atoms with Gasteiger partial charge in [-0.15, -0.1) is 0 Å². The lowest BCUT2D eigenvalue weighted by Crippen LogP contribution is -2.65. The number of furan rings is 1. The number of nitrogens with zero attached hydrogens (tertiary/aromatic N) is 2. The van der Waals surface area contributed by atoms with Crippen LogP contribution in [0.4, 0.5) is 5.69 Å². The molecule has 0 unspecified atom stereocenters. The smallest absolute Gasteiger partial charge is 0.275 e. The van der Waals surface area contributed by atoms with Crippen LogP contribution >= 0.6 is 11.6 Å². The number of benzene rings is 1. The van der Waals surface area contributed by atoms with Crippen LogP contribution in [0.15, 0.2) is 53.1 Å². The van der Waals surface area contributed by atoms with E-state index < -0.39 is 5.54 Å². The second kappa shape index (κ2) is 8.30. The van der Waals surface area contributed by atoms with Gasteiger partial charge in [0.25, 0.3) is 5.91 Å². The molecular formula is C25H26ClN3O4. The normalized spacial score (nSPS) is 20.7. The molecule has 8 heteroatoms. The summed E-state index contributed by atoms with van der Waals surface area (Å²) in [5.74, 6) is 0.697. The molecule has 1 aliphatic heterocycles. The lowest BCUT2D eigenvalue weighted by molar-refractivity contribution is -0.127. The number of hydrogen-bond acceptors (Lipinski definition) is 4. The van der Waals surface area contributed by atoms with E-state index in [0.29, 0.717) is 27.9 Å². The summed E-state index contributed by atoms with van der Waals surface area (Å²) < 4.78 is 12.7. The SMILES string of the molecule is COc1ccc(N2C(=O)c3ccc(-c4ccco4)n3C[C@]2(C)C(=O)NC2CCCC2)cc1Cl. The van der Waals surface area contributed by atoms with Crippen molar-refractivity contribution in [3.05, 3.63) is 59.4 Å². The Bertz CT molecular complexity index is 1200. The zero-order chi connectivity index (χ0) is 23.2. The highest BCUT2D eigenvalue weighted by atomic mass is 35.5. The standard InChI is InChI=1S/C25H26ClN3O4/c1-25(24(31)27-16-6-3-4-7-16)15-28-19(22-8-5-13-33-22)10-11-20(28)23(30)29(25)17-9-12-21(32-2)18(26)14-17/h5,8-14,16H,3-4,6-7,15H2,1-2H3,(H,27,31)/t25-/m1/s1. The molecule has 1 aromatic carbocycles. The van der Waals surface area contributed by atoms with Crippen molar-refractivity contribution in [1.82, 2.24) is 9.88 Å². The summed E-state index contributed by atoms with van der Waals surface area (Å²) in [5.41, 5.74) is 0.613. The third-order valence-electron chi connectivity index (χ3n) is 6.71. The van der Waals surface area contributed by atoms with Crippen molar-refractivity contribution >= 4 is 29.1 Å². The third kappa shape index (κ3) is 3.60. The van der Waals surface area contributed by atoms with Crippen molar-refractivity contribution in [3.8, 4) is 17.2 Å². The Morgan fingerprint density at radius 2 is 1.94 bits per heavy atom. The molecule has 2 aliphatic rings. The van der Waals surface area contributed by atoms with Crippen molar-refractivity contribution in [2.75, 3.05) is 12.0 Å². The predicted octanol–water partition coefficient (Wildman–Crippen LogP) is 4.89. The first kappa shape index (κ1) is 21.6. The molecule has 3 heterocycles. The fourth-order valence-corrected chi connectivity index (χ4v) is 5.21. The fraction of sp³-hybridized carbons (Fsp3) is 0.360. The molecule has 1 N–H and O–H groups in total. The lowest BCUT2D eigenvalue weighted by Gasteiger charge is -2.44. The zero-order valence-electron chi connectivity index (χ0n) is 18.6. The minimum absolute atomic E-state index is 0.126. The van der Waals surface area contributed by atoms with Gasteiger partial charge in [0.15, 0.2) is 0 Å². The van der Waals surface area contributed by atoms with Crippen molar-refractivity contribution in [2.45, 2.75) is 50.7 Å². The summed E-state index contributed by atoms with van der Waals surface area (Å²) in [6, 6.07) is 12.5. The number of anilines is 1. The van der Waals surface area contributed by atoms with Crippen LogP contribution < -0.4 is 15.0 Å². The lowest BCUT2D eigenvalue weighted by atomic mass is 9.93. The highest BCUT2D eigenvalue weighted by Gasteiger charge is 2.49. The van der Waals surface area contributed by atoms with Crippen molar-refractivity contribution in [1.29, 1.82) is 0 Å². The number of hydrogen-bond donors (Lipinski definition) is 1. The molecule has 1 saturated carbocycles. The highest BCUT2D eigenvalue weighted by Crippen LogP contribution is 2.39. The summed E-state index contributed by atoms with van der Waals surface area (Å²) in [5, 5.41) is 3.57. The van der Waals surface area contributed by atoms with Gasteiger partial charge in [0.1, 0.15) is 22.7 Å². The first-order valence-corrected chi connectivity index (χ1v) is 11.5. The van der Waals surface area contributed by atoms with E-state index in [1.165, 1.54) is 7.11 Å². The summed E-state index contributed by atoms with van der Waals surface area (Å²) in [6.45, 7) is 2.08. The quantitative estimate of drug-likeness (QED) is 0.579. The number of carbonyl (C=O) groups is 2. The van der Waals surface area contributed by atoms with Gasteiger partial charge >= 0.3 is 0 Å². The number of methoxy groups -OCH3 is 1. The van der Waals surface area contributed by atoms with E-state index >= 15 is 0 Å². The first-order chi connectivity index (χ1) is 15.9. The molecule has 172 valence electrons. The molecule has 1 fully saturated rings. The maximum atomic E-state index is 13.8. The number of aromatic nitrogens is 1. The van der Waals surface area contributed by atoms with E-state index in [2.05, 4.69) is 5.32 Å². The second-order valence-corrected chi connectivity index (χ2v) is 9.26. The number of carbonyl (C=O) groups excluding carboxylic acids is 2. The average molecular weight is 468 g/mol. The molecule has 2 amide bonds. The molecular weight excluding hydrogens is 442 g/mol. The minimum Gasteiger partial charge on any atom is -0.495 e.